The van der Waals surface area contributed by atoms with Gasteiger partial charge < -0.3 is 9.84 Å². The second kappa shape index (κ2) is 5.82. The minimum absolute atomic E-state index is 0.285. The second-order valence-electron chi connectivity index (χ2n) is 5.42. The average molecular weight is 275 g/mol. The molecule has 6 heteroatoms. The largest absolute Gasteiger partial charge is 0.480 e. The van der Waals surface area contributed by atoms with Crippen LogP contribution in [0.25, 0.3) is 0 Å². The maximum atomic E-state index is 12.0. The predicted molar refractivity (Wildman–Crippen MR) is 70.9 cm³/mol. The Hall–Kier alpha value is -0.910. The highest BCUT2D eigenvalue weighted by Gasteiger charge is 2.37. The second-order valence-corrected chi connectivity index (χ2v) is 6.56. The molecule has 0 radical (unpaired) electrons. The van der Waals surface area contributed by atoms with Crippen LogP contribution in [0, 0.1) is 0 Å². The van der Waals surface area contributed by atoms with E-state index in [1.54, 1.807) is 32.5 Å². The number of carboxylic acids is 1. The highest BCUT2D eigenvalue weighted by Crippen LogP contribution is 2.26. The van der Waals surface area contributed by atoms with Crippen molar-refractivity contribution in [1.29, 1.82) is 0 Å². The van der Waals surface area contributed by atoms with Gasteiger partial charge in [-0.2, -0.15) is 11.8 Å². The summed E-state index contributed by atoms with van der Waals surface area (Å²) in [5.41, 5.74) is -0.605. The van der Waals surface area contributed by atoms with Gasteiger partial charge in [-0.3, -0.25) is 4.90 Å². The van der Waals surface area contributed by atoms with Crippen molar-refractivity contribution in [3.05, 3.63) is 0 Å². The molecule has 0 bridgehead atoms. The van der Waals surface area contributed by atoms with E-state index in [9.17, 15) is 9.59 Å². The number of likely N-dealkylation sites (tertiary alicyclic amines) is 1. The Bertz CT molecular complexity index is 327. The predicted octanol–water partition coefficient (Wildman–Crippen LogP) is 2.20. The molecule has 1 heterocycles. The Morgan fingerprint density at radius 1 is 1.33 bits per heavy atom. The van der Waals surface area contributed by atoms with E-state index in [1.165, 1.54) is 4.90 Å². The van der Waals surface area contributed by atoms with Crippen molar-refractivity contribution >= 4 is 23.8 Å². The maximum Gasteiger partial charge on any atom is 0.411 e. The smallest absolute Gasteiger partial charge is 0.411 e. The zero-order chi connectivity index (χ0) is 13.9. The van der Waals surface area contributed by atoms with E-state index >= 15 is 0 Å². The Morgan fingerprint density at radius 3 is 2.39 bits per heavy atom. The minimum Gasteiger partial charge on any atom is -0.480 e. The van der Waals surface area contributed by atoms with Gasteiger partial charge in [-0.05, 0) is 39.9 Å². The molecule has 0 aliphatic carbocycles. The van der Waals surface area contributed by atoms with E-state index in [2.05, 4.69) is 0 Å². The third kappa shape index (κ3) is 4.08. The first-order valence-electron chi connectivity index (χ1n) is 6.00. The maximum absolute atomic E-state index is 12.0. The molecule has 0 aromatic heterocycles. The molecule has 18 heavy (non-hydrogen) atoms. The molecule has 2 atom stereocenters. The van der Waals surface area contributed by atoms with Gasteiger partial charge in [0.25, 0.3) is 0 Å². The number of carbonyl (C=O) groups is 2. The first-order valence-corrected chi connectivity index (χ1v) is 7.28. The number of hydrogen-bond acceptors (Lipinski definition) is 4. The highest BCUT2D eigenvalue weighted by molar-refractivity contribution is 7.99. The summed E-state index contributed by atoms with van der Waals surface area (Å²) in [5.74, 6) is -0.958. The van der Waals surface area contributed by atoms with Crippen molar-refractivity contribution in [3.8, 4) is 0 Å². The number of ether oxygens (including phenoxy) is 1. The molecule has 5 nitrogen and oxygen atoms in total. The number of aliphatic carboxylic acids is 1. The quantitative estimate of drug-likeness (QED) is 0.837. The molecular formula is C12H21NO4S. The fourth-order valence-electron chi connectivity index (χ4n) is 1.91. The van der Waals surface area contributed by atoms with Crippen molar-refractivity contribution < 1.29 is 19.4 Å². The lowest BCUT2D eigenvalue weighted by atomic mass is 10.0. The van der Waals surface area contributed by atoms with Crippen molar-refractivity contribution in [2.75, 3.05) is 12.8 Å². The molecular weight excluding hydrogens is 254 g/mol. The lowest BCUT2D eigenvalue weighted by molar-refractivity contribution is -0.144. The van der Waals surface area contributed by atoms with Crippen LogP contribution in [0.5, 0.6) is 0 Å². The summed E-state index contributed by atoms with van der Waals surface area (Å²) in [6.07, 6.45) is 2.74. The Balaban J connectivity index is 2.78. The van der Waals surface area contributed by atoms with Gasteiger partial charge in [-0.1, -0.05) is 0 Å². The summed E-state index contributed by atoms with van der Waals surface area (Å²) >= 11 is 1.66. The number of carboxylic acid groups (broad SMARTS) is 1. The van der Waals surface area contributed by atoms with Crippen LogP contribution in [0.3, 0.4) is 0 Å². The van der Waals surface area contributed by atoms with Gasteiger partial charge in [0.15, 0.2) is 0 Å². The van der Waals surface area contributed by atoms with E-state index in [1.807, 2.05) is 6.26 Å². The van der Waals surface area contributed by atoms with Crippen LogP contribution in [0.2, 0.25) is 0 Å². The van der Waals surface area contributed by atoms with E-state index < -0.39 is 23.7 Å². The molecule has 1 amide bonds. The summed E-state index contributed by atoms with van der Waals surface area (Å²) in [6.45, 7) is 5.76. The molecule has 0 saturated carbocycles. The van der Waals surface area contributed by atoms with Crippen LogP contribution in [-0.4, -0.2) is 51.8 Å². The van der Waals surface area contributed by atoms with Gasteiger partial charge in [0.1, 0.15) is 11.6 Å². The summed E-state index contributed by atoms with van der Waals surface area (Å²) in [7, 11) is 0. The van der Waals surface area contributed by atoms with Gasteiger partial charge in [-0.25, -0.2) is 9.59 Å². The third-order valence-corrected chi connectivity index (χ3v) is 3.84. The monoisotopic (exact) mass is 275 g/mol. The fourth-order valence-corrected chi connectivity index (χ4v) is 2.59. The van der Waals surface area contributed by atoms with E-state index in [4.69, 9.17) is 9.84 Å². The van der Waals surface area contributed by atoms with Crippen LogP contribution in [-0.2, 0) is 9.53 Å². The molecule has 1 N–H and O–H groups in total. The molecule has 0 aromatic carbocycles. The highest BCUT2D eigenvalue weighted by atomic mass is 32.2. The Labute approximate surface area is 112 Å². The number of thioether (sulfide) groups is 1. The molecule has 1 unspecified atom stereocenters. The van der Waals surface area contributed by atoms with Crippen LogP contribution in [0.4, 0.5) is 4.79 Å². The van der Waals surface area contributed by atoms with Gasteiger partial charge in [0.05, 0.1) is 0 Å². The number of carbonyl (C=O) groups excluding carboxylic acids is 1. The molecule has 1 aliphatic heterocycles. The van der Waals surface area contributed by atoms with E-state index in [0.29, 0.717) is 13.0 Å². The molecule has 1 aliphatic rings. The lowest BCUT2D eigenvalue weighted by Gasteiger charge is -2.37. The van der Waals surface area contributed by atoms with Crippen molar-refractivity contribution in [2.45, 2.75) is 50.5 Å². The van der Waals surface area contributed by atoms with E-state index in [-0.39, 0.29) is 5.25 Å². The van der Waals surface area contributed by atoms with Crippen molar-refractivity contribution in [2.24, 2.45) is 0 Å². The molecule has 1 rings (SSSR count). The molecule has 104 valence electrons. The van der Waals surface area contributed by atoms with Crippen LogP contribution in [0.1, 0.15) is 33.6 Å². The fraction of sp³-hybridized carbons (Fsp3) is 0.833. The molecule has 0 aromatic rings. The van der Waals surface area contributed by atoms with Gasteiger partial charge >= 0.3 is 12.1 Å². The number of amides is 1. The standard InChI is InChI=1S/C12H21NO4S/c1-12(2,3)17-11(16)13-7-8(18-4)5-6-9(13)10(14)15/h8-9H,5-7H2,1-4H3,(H,14,15)/t8?,9-/m1/s1. The average Bonchev–Trinajstić information content (AvgIpc) is 2.25. The molecule has 1 fully saturated rings. The molecule has 0 spiro atoms. The number of nitrogens with zero attached hydrogens (tertiary/aromatic N) is 1. The first kappa shape index (κ1) is 15.1. The first-order chi connectivity index (χ1) is 8.24. The Morgan fingerprint density at radius 2 is 1.94 bits per heavy atom. The van der Waals surface area contributed by atoms with Crippen LogP contribution >= 0.6 is 11.8 Å². The molecule has 1 saturated heterocycles. The Kier molecular flexibility index (Phi) is 4.90. The summed E-state index contributed by atoms with van der Waals surface area (Å²) in [6, 6.07) is -0.761. The third-order valence-electron chi connectivity index (χ3n) is 2.79. The minimum atomic E-state index is -0.958. The summed E-state index contributed by atoms with van der Waals surface area (Å²) in [5, 5.41) is 9.44. The summed E-state index contributed by atoms with van der Waals surface area (Å²) in [4.78, 5) is 24.5. The number of hydrogen-bond donors (Lipinski definition) is 1. The van der Waals surface area contributed by atoms with Crippen LogP contribution in [0.15, 0.2) is 0 Å². The lowest BCUT2D eigenvalue weighted by Crippen LogP contribution is -2.52. The number of piperidine rings is 1. The SMILES string of the molecule is CSC1CC[C@H](C(=O)O)N(C(=O)OC(C)(C)C)C1. The zero-order valence-electron chi connectivity index (χ0n) is 11.3. The van der Waals surface area contributed by atoms with Crippen LogP contribution < -0.4 is 0 Å². The van der Waals surface area contributed by atoms with Gasteiger partial charge in [0, 0.05) is 11.8 Å². The topological polar surface area (TPSA) is 66.8 Å². The van der Waals surface area contributed by atoms with Crippen molar-refractivity contribution in [3.63, 3.8) is 0 Å². The van der Waals surface area contributed by atoms with E-state index in [0.717, 1.165) is 6.42 Å². The van der Waals surface area contributed by atoms with Gasteiger partial charge in [-0.15, -0.1) is 0 Å². The van der Waals surface area contributed by atoms with Gasteiger partial charge in [0.2, 0.25) is 0 Å². The normalized spacial score (nSPS) is 24.8. The summed E-state index contributed by atoms with van der Waals surface area (Å²) < 4.78 is 5.26. The number of rotatable bonds is 2. The van der Waals surface area contributed by atoms with Crippen molar-refractivity contribution in [1.82, 2.24) is 4.90 Å². The zero-order valence-corrected chi connectivity index (χ0v) is 12.1.